The van der Waals surface area contributed by atoms with Gasteiger partial charge in [0.15, 0.2) is 0 Å². The number of likely N-dealkylation sites (N-methyl/N-ethyl adjacent to an activating group) is 1. The topological polar surface area (TPSA) is 54.3 Å². The summed E-state index contributed by atoms with van der Waals surface area (Å²) < 4.78 is 15.3. The summed E-state index contributed by atoms with van der Waals surface area (Å²) in [7, 11) is 2.14. The van der Waals surface area contributed by atoms with Gasteiger partial charge in [-0.2, -0.15) is 0 Å². The van der Waals surface area contributed by atoms with E-state index in [0.717, 1.165) is 69.2 Å². The summed E-state index contributed by atoms with van der Waals surface area (Å²) in [6, 6.07) is 6.41. The summed E-state index contributed by atoms with van der Waals surface area (Å²) in [5.41, 5.74) is 0.996. The van der Waals surface area contributed by atoms with Gasteiger partial charge in [0.2, 0.25) is 5.91 Å². The lowest BCUT2D eigenvalue weighted by Crippen LogP contribution is -2.40. The summed E-state index contributed by atoms with van der Waals surface area (Å²) in [5, 5.41) is 8.94. The van der Waals surface area contributed by atoms with Crippen LogP contribution in [0.3, 0.4) is 0 Å². The number of rotatable bonds is 4. The minimum Gasteiger partial charge on any atom is -0.342 e. The number of hydrogen-bond donors (Lipinski definition) is 0. The van der Waals surface area contributed by atoms with Crippen molar-refractivity contribution in [3.8, 4) is 0 Å². The second-order valence-electron chi connectivity index (χ2n) is 7.98. The molecule has 1 aromatic heterocycles. The molecule has 2 aromatic rings. The normalized spacial score (nSPS) is 20.6. The molecule has 4 rings (SSSR count). The molecule has 0 spiro atoms. The van der Waals surface area contributed by atoms with Crippen molar-refractivity contribution in [3.05, 3.63) is 47.3 Å². The van der Waals surface area contributed by atoms with E-state index in [-0.39, 0.29) is 17.6 Å². The van der Waals surface area contributed by atoms with E-state index in [4.69, 9.17) is 0 Å². The van der Waals surface area contributed by atoms with Crippen molar-refractivity contribution in [2.24, 2.45) is 0 Å². The molecule has 0 radical (unpaired) electrons. The number of hydrogen-bond acceptors (Lipinski definition) is 4. The van der Waals surface area contributed by atoms with Crippen molar-refractivity contribution in [2.45, 2.75) is 44.6 Å². The van der Waals surface area contributed by atoms with Crippen LogP contribution in [0.2, 0.25) is 0 Å². The van der Waals surface area contributed by atoms with Crippen LogP contribution in [0.1, 0.15) is 42.4 Å². The van der Waals surface area contributed by atoms with Crippen LogP contribution in [0.4, 0.5) is 4.39 Å². The molecule has 6 nitrogen and oxygen atoms in total. The van der Waals surface area contributed by atoms with Gasteiger partial charge >= 0.3 is 0 Å². The highest BCUT2D eigenvalue weighted by atomic mass is 19.1. The van der Waals surface area contributed by atoms with E-state index >= 15 is 0 Å². The van der Waals surface area contributed by atoms with E-state index in [2.05, 4.69) is 26.7 Å². The molecule has 0 bridgehead atoms. The number of benzene rings is 1. The van der Waals surface area contributed by atoms with Crippen molar-refractivity contribution in [1.82, 2.24) is 24.6 Å². The number of carbonyl (C=O) groups is 1. The second-order valence-corrected chi connectivity index (χ2v) is 7.98. The number of piperidine rings is 1. The van der Waals surface area contributed by atoms with Crippen LogP contribution in [-0.4, -0.2) is 63.7 Å². The van der Waals surface area contributed by atoms with Crippen LogP contribution < -0.4 is 0 Å². The van der Waals surface area contributed by atoms with Crippen LogP contribution in [0.15, 0.2) is 24.3 Å². The first-order valence-corrected chi connectivity index (χ1v) is 10.2. The molecule has 1 saturated heterocycles. The first kappa shape index (κ1) is 19.1. The number of carbonyl (C=O) groups excluding carboxylic acids is 1. The highest BCUT2D eigenvalue weighted by Crippen LogP contribution is 2.27. The molecule has 0 N–H and O–H groups in total. The molecule has 1 fully saturated rings. The smallest absolute Gasteiger partial charge is 0.222 e. The number of nitrogens with zero attached hydrogens (tertiary/aromatic N) is 5. The van der Waals surface area contributed by atoms with Crippen LogP contribution in [-0.2, 0) is 24.2 Å². The maximum Gasteiger partial charge on any atom is 0.222 e. The zero-order chi connectivity index (χ0) is 19.5. The molecule has 2 aliphatic heterocycles. The van der Waals surface area contributed by atoms with E-state index in [9.17, 15) is 9.18 Å². The molecule has 28 heavy (non-hydrogen) atoms. The molecule has 3 heterocycles. The zero-order valence-electron chi connectivity index (χ0n) is 16.5. The Hall–Kier alpha value is -2.28. The Labute approximate surface area is 165 Å². The fourth-order valence-electron chi connectivity index (χ4n) is 4.23. The fourth-order valence-corrected chi connectivity index (χ4v) is 4.23. The Bertz CT molecular complexity index is 819. The molecule has 0 unspecified atom stereocenters. The van der Waals surface area contributed by atoms with Gasteiger partial charge in [-0.05, 0) is 44.0 Å². The van der Waals surface area contributed by atoms with E-state index in [1.807, 2.05) is 4.90 Å². The molecule has 150 valence electrons. The molecule has 7 heteroatoms. The van der Waals surface area contributed by atoms with Crippen molar-refractivity contribution >= 4 is 5.91 Å². The highest BCUT2D eigenvalue weighted by molar-refractivity contribution is 5.76. The standard InChI is InChI=1S/C21H28FN5O/c1-25-12-10-19-23-24-21(27(19)14-13-25)17-3-2-11-26(15-17)20(28)9-6-16-4-7-18(22)8-5-16/h4-5,7-8,17H,2-3,6,9-15H2,1H3/t17-/m0/s1. The van der Waals surface area contributed by atoms with E-state index in [0.29, 0.717) is 12.8 Å². The van der Waals surface area contributed by atoms with Gasteiger partial charge in [0.1, 0.15) is 17.5 Å². The maximum absolute atomic E-state index is 13.0. The lowest BCUT2D eigenvalue weighted by Gasteiger charge is -2.32. The van der Waals surface area contributed by atoms with Gasteiger partial charge in [0.05, 0.1) is 0 Å². The van der Waals surface area contributed by atoms with Gasteiger partial charge in [-0.25, -0.2) is 4.39 Å². The summed E-state index contributed by atoms with van der Waals surface area (Å²) in [6.07, 6.45) is 4.08. The largest absolute Gasteiger partial charge is 0.342 e. The lowest BCUT2D eigenvalue weighted by molar-refractivity contribution is -0.132. The Balaban J connectivity index is 1.38. The molecule has 0 aliphatic carbocycles. The number of fused-ring (bicyclic) bond motifs is 1. The molecular weight excluding hydrogens is 357 g/mol. The minimum atomic E-state index is -0.243. The number of aryl methyl sites for hydroxylation is 1. The van der Waals surface area contributed by atoms with Crippen molar-refractivity contribution in [1.29, 1.82) is 0 Å². The van der Waals surface area contributed by atoms with Crippen LogP contribution in [0.5, 0.6) is 0 Å². The predicted octanol–water partition coefficient (Wildman–Crippen LogP) is 2.24. The first-order valence-electron chi connectivity index (χ1n) is 10.2. The number of halogens is 1. The molecule has 0 saturated carbocycles. The Morgan fingerprint density at radius 1 is 1.14 bits per heavy atom. The van der Waals surface area contributed by atoms with Gasteiger partial charge in [-0.15, -0.1) is 10.2 Å². The molecule has 1 atom stereocenters. The Morgan fingerprint density at radius 3 is 2.79 bits per heavy atom. The SMILES string of the molecule is CN1CCc2nnc([C@H]3CCCN(C(=O)CCc4ccc(F)cc4)C3)n2CC1. The van der Waals surface area contributed by atoms with E-state index < -0.39 is 0 Å². The third kappa shape index (κ3) is 4.24. The summed E-state index contributed by atoms with van der Waals surface area (Å²) in [4.78, 5) is 17.0. The van der Waals surface area contributed by atoms with Crippen LogP contribution in [0, 0.1) is 5.82 Å². The van der Waals surface area contributed by atoms with Crippen molar-refractivity contribution in [3.63, 3.8) is 0 Å². The van der Waals surface area contributed by atoms with Gasteiger partial charge in [0, 0.05) is 51.5 Å². The average Bonchev–Trinajstić information content (AvgIpc) is 3.04. The molecule has 1 aromatic carbocycles. The minimum absolute atomic E-state index is 0.171. The summed E-state index contributed by atoms with van der Waals surface area (Å²) in [6.45, 7) is 4.46. The number of aromatic nitrogens is 3. The zero-order valence-corrected chi connectivity index (χ0v) is 16.5. The van der Waals surface area contributed by atoms with Crippen LogP contribution in [0.25, 0.3) is 0 Å². The summed E-state index contributed by atoms with van der Waals surface area (Å²) in [5.74, 6) is 2.30. The van der Waals surface area contributed by atoms with Crippen molar-refractivity contribution < 1.29 is 9.18 Å². The quantitative estimate of drug-likeness (QED) is 0.810. The number of amides is 1. The maximum atomic E-state index is 13.0. The monoisotopic (exact) mass is 385 g/mol. The van der Waals surface area contributed by atoms with Gasteiger partial charge in [-0.1, -0.05) is 12.1 Å². The lowest BCUT2D eigenvalue weighted by atomic mass is 9.96. The Kier molecular flexibility index (Phi) is 5.71. The van der Waals surface area contributed by atoms with E-state index in [1.165, 1.54) is 12.1 Å². The third-order valence-electron chi connectivity index (χ3n) is 5.96. The number of likely N-dealkylation sites (tertiary alicyclic amines) is 1. The van der Waals surface area contributed by atoms with Gasteiger partial charge in [-0.3, -0.25) is 4.79 Å². The molecule has 1 amide bonds. The second kappa shape index (κ2) is 8.39. The first-order chi connectivity index (χ1) is 13.6. The van der Waals surface area contributed by atoms with Gasteiger partial charge < -0.3 is 14.4 Å². The van der Waals surface area contributed by atoms with Crippen LogP contribution >= 0.6 is 0 Å². The van der Waals surface area contributed by atoms with Gasteiger partial charge in [0.25, 0.3) is 0 Å². The Morgan fingerprint density at radius 2 is 1.96 bits per heavy atom. The highest BCUT2D eigenvalue weighted by Gasteiger charge is 2.29. The fraction of sp³-hybridized carbons (Fsp3) is 0.571. The average molecular weight is 385 g/mol. The predicted molar refractivity (Wildman–Crippen MR) is 104 cm³/mol. The van der Waals surface area contributed by atoms with Crippen molar-refractivity contribution in [2.75, 3.05) is 33.2 Å². The summed E-state index contributed by atoms with van der Waals surface area (Å²) >= 11 is 0. The molecule has 2 aliphatic rings. The van der Waals surface area contributed by atoms with E-state index in [1.54, 1.807) is 12.1 Å². The third-order valence-corrected chi connectivity index (χ3v) is 5.96. The molecular formula is C21H28FN5O.